The van der Waals surface area contributed by atoms with Gasteiger partial charge in [-0.2, -0.15) is 0 Å². The number of nitrogens with zero attached hydrogens (tertiary/aromatic N) is 3. The van der Waals surface area contributed by atoms with Crippen molar-refractivity contribution in [3.8, 4) is 0 Å². The zero-order valence-corrected chi connectivity index (χ0v) is 19.6. The van der Waals surface area contributed by atoms with Gasteiger partial charge in [0.05, 0.1) is 22.8 Å². The normalized spacial score (nSPS) is 24.4. The molecule has 1 atom stereocenters. The molecular weight excluding hydrogens is 460 g/mol. The Kier molecular flexibility index (Phi) is 6.00. The van der Waals surface area contributed by atoms with Gasteiger partial charge in [-0.1, -0.05) is 12.1 Å². The molecule has 8 nitrogen and oxygen atoms in total. The quantitative estimate of drug-likeness (QED) is 0.394. The van der Waals surface area contributed by atoms with Crippen LogP contribution in [0.1, 0.15) is 22.6 Å². The van der Waals surface area contributed by atoms with Crippen molar-refractivity contribution in [1.29, 1.82) is 0 Å². The van der Waals surface area contributed by atoms with Gasteiger partial charge >= 0.3 is 5.97 Å². The van der Waals surface area contributed by atoms with Crippen LogP contribution in [0.15, 0.2) is 53.6 Å². The van der Waals surface area contributed by atoms with E-state index in [2.05, 4.69) is 15.3 Å². The number of hydrogen-bond donors (Lipinski definition) is 2. The van der Waals surface area contributed by atoms with Crippen LogP contribution < -0.4 is 5.32 Å². The summed E-state index contributed by atoms with van der Waals surface area (Å²) in [6.45, 7) is 2.61. The number of ether oxygens (including phenoxy) is 1. The highest BCUT2D eigenvalue weighted by Gasteiger charge is 2.51. The number of aromatic nitrogens is 2. The van der Waals surface area contributed by atoms with Gasteiger partial charge in [-0.25, -0.2) is 14.8 Å². The zero-order valence-electron chi connectivity index (χ0n) is 17.9. The summed E-state index contributed by atoms with van der Waals surface area (Å²) in [5, 5.41) is 18.1. The SMILES string of the molecule is O=C(C[N+]12CCC(CC1)C(OC(=O)C(O)(c1cccs1)c1cccs1)C2)Nc1ccncn1. The zero-order chi connectivity index (χ0) is 22.9. The smallest absolute Gasteiger partial charge is 0.349 e. The number of amides is 1. The van der Waals surface area contributed by atoms with Crippen molar-refractivity contribution < 1.29 is 23.9 Å². The molecule has 10 heteroatoms. The summed E-state index contributed by atoms with van der Waals surface area (Å²) in [6, 6.07) is 8.80. The number of aliphatic hydroxyl groups is 1. The predicted octanol–water partition coefficient (Wildman–Crippen LogP) is 2.63. The van der Waals surface area contributed by atoms with Crippen LogP contribution in [0.2, 0.25) is 0 Å². The molecule has 0 saturated carbocycles. The Bertz CT molecular complexity index is 1060. The average Bonchev–Trinajstić information content (AvgIpc) is 3.54. The van der Waals surface area contributed by atoms with Crippen molar-refractivity contribution in [3.63, 3.8) is 0 Å². The van der Waals surface area contributed by atoms with E-state index >= 15 is 0 Å². The van der Waals surface area contributed by atoms with Crippen molar-refractivity contribution in [1.82, 2.24) is 9.97 Å². The second kappa shape index (κ2) is 8.94. The molecule has 3 aliphatic rings. The summed E-state index contributed by atoms with van der Waals surface area (Å²) < 4.78 is 6.59. The van der Waals surface area contributed by atoms with Gasteiger partial charge in [0.2, 0.25) is 5.60 Å². The van der Waals surface area contributed by atoms with E-state index in [9.17, 15) is 14.7 Å². The lowest BCUT2D eigenvalue weighted by atomic mass is 9.83. The molecule has 2 bridgehead atoms. The molecule has 0 spiro atoms. The Morgan fingerprint density at radius 1 is 1.15 bits per heavy atom. The third kappa shape index (κ3) is 4.31. The average molecular weight is 486 g/mol. The number of esters is 1. The maximum Gasteiger partial charge on any atom is 0.349 e. The fourth-order valence-corrected chi connectivity index (χ4v) is 6.66. The van der Waals surface area contributed by atoms with Crippen LogP contribution in [0, 0.1) is 5.92 Å². The van der Waals surface area contributed by atoms with Crippen LogP contribution in [0.4, 0.5) is 5.82 Å². The number of nitrogens with one attached hydrogen (secondary N) is 1. The van der Waals surface area contributed by atoms with E-state index in [-0.39, 0.29) is 17.9 Å². The van der Waals surface area contributed by atoms with E-state index in [0.29, 0.717) is 33.1 Å². The van der Waals surface area contributed by atoms with E-state index < -0.39 is 11.6 Å². The highest BCUT2D eigenvalue weighted by molar-refractivity contribution is 7.12. The fraction of sp³-hybridized carbons (Fsp3) is 0.391. The van der Waals surface area contributed by atoms with Crippen LogP contribution in [0.5, 0.6) is 0 Å². The van der Waals surface area contributed by atoms with Crippen LogP contribution in [-0.4, -0.2) is 63.7 Å². The van der Waals surface area contributed by atoms with E-state index in [4.69, 9.17) is 4.74 Å². The first-order chi connectivity index (χ1) is 16.0. The largest absolute Gasteiger partial charge is 0.453 e. The van der Waals surface area contributed by atoms with Crippen LogP contribution in [0.25, 0.3) is 0 Å². The standard InChI is InChI=1S/C23H24N4O4S2/c28-21(26-20-5-8-24-15-25-20)14-27-9-6-16(7-10-27)17(13-27)31-22(29)23(30,18-3-1-11-32-18)19-4-2-12-33-19/h1-5,8,11-12,15-17,30H,6-7,9-10,13-14H2/p+1. The number of hydrogen-bond acceptors (Lipinski definition) is 8. The molecule has 172 valence electrons. The van der Waals surface area contributed by atoms with E-state index in [0.717, 1.165) is 25.9 Å². The van der Waals surface area contributed by atoms with E-state index in [1.165, 1.54) is 29.0 Å². The molecule has 6 rings (SSSR count). The van der Waals surface area contributed by atoms with E-state index in [1.54, 1.807) is 24.4 Å². The molecule has 3 aliphatic heterocycles. The van der Waals surface area contributed by atoms with Gasteiger partial charge in [-0.05, 0) is 29.0 Å². The number of carbonyl (C=O) groups is 2. The summed E-state index contributed by atoms with van der Waals surface area (Å²) in [6.07, 6.45) is 4.41. The van der Waals surface area contributed by atoms with Gasteiger partial charge in [0.1, 0.15) is 18.7 Å². The minimum Gasteiger partial charge on any atom is -0.453 e. The molecule has 1 amide bonds. The maximum absolute atomic E-state index is 13.4. The first-order valence-corrected chi connectivity index (χ1v) is 12.7. The summed E-state index contributed by atoms with van der Waals surface area (Å²) in [7, 11) is 0. The number of quaternary nitrogens is 1. The number of piperidine rings is 3. The molecule has 0 aliphatic carbocycles. The molecule has 6 heterocycles. The highest BCUT2D eigenvalue weighted by Crippen LogP contribution is 2.40. The summed E-state index contributed by atoms with van der Waals surface area (Å²) in [5.41, 5.74) is -1.82. The Morgan fingerprint density at radius 3 is 2.42 bits per heavy atom. The lowest BCUT2D eigenvalue weighted by Gasteiger charge is -2.51. The second-order valence-corrected chi connectivity index (χ2v) is 10.6. The lowest BCUT2D eigenvalue weighted by molar-refractivity contribution is -0.939. The molecular formula is C23H25N4O4S2+. The van der Waals surface area contributed by atoms with Gasteiger partial charge in [0.25, 0.3) is 5.91 Å². The number of carbonyl (C=O) groups excluding carboxylic acids is 2. The minimum absolute atomic E-state index is 0.118. The highest BCUT2D eigenvalue weighted by atomic mass is 32.1. The van der Waals surface area contributed by atoms with Crippen molar-refractivity contribution in [3.05, 3.63) is 63.4 Å². The van der Waals surface area contributed by atoms with Crippen molar-refractivity contribution in [2.24, 2.45) is 5.92 Å². The Labute approximate surface area is 199 Å². The second-order valence-electron chi connectivity index (χ2n) is 8.72. The Hall–Kier alpha value is -2.66. The minimum atomic E-state index is -1.82. The molecule has 3 fully saturated rings. The molecule has 0 radical (unpaired) electrons. The first kappa shape index (κ1) is 22.1. The molecule has 3 aromatic heterocycles. The maximum atomic E-state index is 13.4. The molecule has 3 saturated heterocycles. The topological polar surface area (TPSA) is 101 Å². The summed E-state index contributed by atoms with van der Waals surface area (Å²) >= 11 is 2.66. The third-order valence-electron chi connectivity index (χ3n) is 6.68. The molecule has 1 unspecified atom stereocenters. The fourth-order valence-electron chi connectivity index (χ4n) is 4.94. The monoisotopic (exact) mass is 485 g/mol. The number of thiophene rings is 2. The van der Waals surface area contributed by atoms with Crippen molar-refractivity contribution in [2.45, 2.75) is 24.5 Å². The van der Waals surface area contributed by atoms with Crippen molar-refractivity contribution in [2.75, 3.05) is 31.5 Å². The van der Waals surface area contributed by atoms with Gasteiger partial charge in [-0.3, -0.25) is 4.79 Å². The Morgan fingerprint density at radius 2 is 1.85 bits per heavy atom. The number of rotatable bonds is 7. The van der Waals surface area contributed by atoms with Crippen molar-refractivity contribution >= 4 is 40.4 Å². The molecule has 2 N–H and O–H groups in total. The summed E-state index contributed by atoms with van der Waals surface area (Å²) in [5.74, 6) is -0.0441. The lowest BCUT2D eigenvalue weighted by Crippen LogP contribution is -2.66. The van der Waals surface area contributed by atoms with Crippen LogP contribution >= 0.6 is 22.7 Å². The first-order valence-electron chi connectivity index (χ1n) is 10.9. The molecule has 3 aromatic rings. The third-order valence-corrected chi connectivity index (χ3v) is 8.64. The van der Waals surface area contributed by atoms with Gasteiger partial charge in [-0.15, -0.1) is 22.7 Å². The van der Waals surface area contributed by atoms with E-state index in [1.807, 2.05) is 22.9 Å². The Balaban J connectivity index is 1.31. The van der Waals surface area contributed by atoms with Gasteiger partial charge in [0.15, 0.2) is 12.6 Å². The predicted molar refractivity (Wildman–Crippen MR) is 125 cm³/mol. The van der Waals surface area contributed by atoms with Crippen LogP contribution in [0.3, 0.4) is 0 Å². The number of anilines is 1. The molecule has 33 heavy (non-hydrogen) atoms. The number of fused-ring (bicyclic) bond motifs is 3. The summed E-state index contributed by atoms with van der Waals surface area (Å²) in [4.78, 5) is 35.2. The van der Waals surface area contributed by atoms with Crippen LogP contribution in [-0.2, 0) is 19.9 Å². The molecule has 0 aromatic carbocycles. The van der Waals surface area contributed by atoms with Gasteiger partial charge in [0, 0.05) is 25.0 Å². The van der Waals surface area contributed by atoms with Gasteiger partial charge < -0.3 is 19.6 Å².